The minimum atomic E-state index is -4.60. The molecule has 1 aromatic heterocycles. The number of benzene rings is 2. The van der Waals surface area contributed by atoms with Gasteiger partial charge in [0.25, 0.3) is 8.32 Å². The molecule has 7 nitrogen and oxygen atoms in total. The maximum atomic E-state index is 12.8. The first-order valence-electron chi connectivity index (χ1n) is 12.3. The number of alkyl halides is 3. The zero-order chi connectivity index (χ0) is 27.6. The molecule has 4 atom stereocenters. The molecule has 204 valence electrons. The molecule has 38 heavy (non-hydrogen) atoms. The minimum Gasteiger partial charge on any atom is -0.405 e. The molecule has 11 heteroatoms. The fourth-order valence-electron chi connectivity index (χ4n) is 4.86. The van der Waals surface area contributed by atoms with E-state index in [1.807, 2.05) is 36.4 Å². The number of hydrogen-bond acceptors (Lipinski definition) is 7. The number of aromatic nitrogens is 2. The van der Waals surface area contributed by atoms with Crippen molar-refractivity contribution < 1.29 is 32.5 Å². The highest BCUT2D eigenvalue weighted by atomic mass is 28.4. The molecule has 0 bridgehead atoms. The summed E-state index contributed by atoms with van der Waals surface area (Å²) in [5.74, 6) is 0.0277. The van der Waals surface area contributed by atoms with E-state index in [0.717, 1.165) is 16.6 Å². The summed E-state index contributed by atoms with van der Waals surface area (Å²) < 4.78 is 51.0. The number of ether oxygens (including phenoxy) is 1. The molecule has 1 saturated heterocycles. The zero-order valence-corrected chi connectivity index (χ0v) is 22.4. The van der Waals surface area contributed by atoms with Crippen LogP contribution >= 0.6 is 0 Å². The molecule has 2 aromatic carbocycles. The van der Waals surface area contributed by atoms with Gasteiger partial charge in [-0.05, 0) is 15.4 Å². The monoisotopic (exact) mass is 547 g/mol. The van der Waals surface area contributed by atoms with Crippen molar-refractivity contribution in [1.82, 2.24) is 9.97 Å². The highest BCUT2D eigenvalue weighted by Gasteiger charge is 2.51. The first-order valence-corrected chi connectivity index (χ1v) is 14.2. The maximum absolute atomic E-state index is 12.8. The van der Waals surface area contributed by atoms with E-state index in [4.69, 9.17) is 9.16 Å². The van der Waals surface area contributed by atoms with Gasteiger partial charge in [-0.1, -0.05) is 81.4 Å². The number of nitrogens with zero attached hydrogens (tertiary/aromatic N) is 2. The second-order valence-corrected chi connectivity index (χ2v) is 14.7. The van der Waals surface area contributed by atoms with Gasteiger partial charge in [-0.25, -0.2) is 9.97 Å². The van der Waals surface area contributed by atoms with Crippen LogP contribution in [0.25, 0.3) is 0 Å². The van der Waals surface area contributed by atoms with Crippen LogP contribution in [0.15, 0.2) is 73.1 Å². The number of aliphatic hydroxyl groups excluding tert-OH is 2. The van der Waals surface area contributed by atoms with Gasteiger partial charge >= 0.3 is 6.18 Å². The van der Waals surface area contributed by atoms with Crippen molar-refractivity contribution in [2.24, 2.45) is 0 Å². The van der Waals surface area contributed by atoms with E-state index in [0.29, 0.717) is 6.20 Å². The Balaban J connectivity index is 1.51. The molecule has 1 aliphatic rings. The molecular weight excluding hydrogens is 515 g/mol. The van der Waals surface area contributed by atoms with Crippen molar-refractivity contribution in [3.8, 4) is 0 Å². The standard InChI is InChI=1S/C27H32F3N3O4Si/c1-26(2,3)38(18-10-6-4-7-11-18,19-12-8-5-9-13-19)37-17-21-25(35)24(34)20(16-36-21)33-23-15-31-22(14-32-23)27(28,29)30/h4-15,20-21,24-25,34-35H,16-17H2,1-3H3,(H,32,33)/t20-,21+,24+,25-/m0/s1. The number of anilines is 1. The van der Waals surface area contributed by atoms with E-state index in [1.54, 1.807) is 0 Å². The first-order chi connectivity index (χ1) is 17.9. The second-order valence-electron chi connectivity index (χ2n) is 10.4. The van der Waals surface area contributed by atoms with Gasteiger partial charge in [-0.15, -0.1) is 0 Å². The Kier molecular flexibility index (Phi) is 8.24. The van der Waals surface area contributed by atoms with Crippen LogP contribution in [0.5, 0.6) is 0 Å². The van der Waals surface area contributed by atoms with Crippen LogP contribution in [-0.4, -0.2) is 66.1 Å². The van der Waals surface area contributed by atoms with Gasteiger partial charge in [-0.2, -0.15) is 13.2 Å². The molecule has 4 rings (SSSR count). The highest BCUT2D eigenvalue weighted by Crippen LogP contribution is 2.37. The predicted octanol–water partition coefficient (Wildman–Crippen LogP) is 2.97. The topological polar surface area (TPSA) is 96.7 Å². The van der Waals surface area contributed by atoms with Crippen LogP contribution in [0.1, 0.15) is 26.5 Å². The minimum absolute atomic E-state index is 0.0182. The molecule has 0 amide bonds. The van der Waals surface area contributed by atoms with E-state index in [9.17, 15) is 23.4 Å². The summed E-state index contributed by atoms with van der Waals surface area (Å²) >= 11 is 0. The van der Waals surface area contributed by atoms with Crippen LogP contribution in [0.2, 0.25) is 5.04 Å². The van der Waals surface area contributed by atoms with Gasteiger partial charge < -0.3 is 24.7 Å². The van der Waals surface area contributed by atoms with Gasteiger partial charge in [0.1, 0.15) is 24.1 Å². The van der Waals surface area contributed by atoms with Gasteiger partial charge in [-0.3, -0.25) is 0 Å². The molecule has 0 unspecified atom stereocenters. The molecule has 0 saturated carbocycles. The molecule has 0 spiro atoms. The lowest BCUT2D eigenvalue weighted by Gasteiger charge is -2.45. The normalized spacial score (nSPS) is 22.7. The smallest absolute Gasteiger partial charge is 0.405 e. The van der Waals surface area contributed by atoms with Crippen LogP contribution in [-0.2, 0) is 15.3 Å². The summed E-state index contributed by atoms with van der Waals surface area (Å²) in [5, 5.41) is 26.4. The zero-order valence-electron chi connectivity index (χ0n) is 21.4. The Labute approximate surface area is 220 Å². The van der Waals surface area contributed by atoms with E-state index in [-0.39, 0.29) is 24.1 Å². The lowest BCUT2D eigenvalue weighted by Crippen LogP contribution is -2.68. The fourth-order valence-corrected chi connectivity index (χ4v) is 9.43. The summed E-state index contributed by atoms with van der Waals surface area (Å²) in [4.78, 5) is 7.08. The fraction of sp³-hybridized carbons (Fsp3) is 0.407. The molecule has 1 fully saturated rings. The van der Waals surface area contributed by atoms with Crippen molar-refractivity contribution in [2.45, 2.75) is 56.3 Å². The SMILES string of the molecule is CC(C)(C)[Si](OC[C@H]1OC[C@H](Nc2cnc(C(F)(F)F)cn2)[C@@H](O)[C@H]1O)(c1ccccc1)c1ccccc1. The summed E-state index contributed by atoms with van der Waals surface area (Å²) in [6, 6.07) is 19.2. The lowest BCUT2D eigenvalue weighted by atomic mass is 9.98. The molecule has 3 aromatic rings. The van der Waals surface area contributed by atoms with Crippen molar-refractivity contribution in [3.63, 3.8) is 0 Å². The number of nitrogens with one attached hydrogen (secondary N) is 1. The number of rotatable bonds is 7. The lowest BCUT2D eigenvalue weighted by molar-refractivity contribution is -0.150. The predicted molar refractivity (Wildman–Crippen MR) is 140 cm³/mol. The third kappa shape index (κ3) is 5.76. The number of aliphatic hydroxyl groups is 2. The van der Waals surface area contributed by atoms with E-state index in [2.05, 4.69) is 60.3 Å². The van der Waals surface area contributed by atoms with E-state index >= 15 is 0 Å². The van der Waals surface area contributed by atoms with Crippen LogP contribution in [0, 0.1) is 0 Å². The second kappa shape index (κ2) is 11.1. The summed E-state index contributed by atoms with van der Waals surface area (Å²) in [5.41, 5.74) is -1.12. The Hall–Kier alpha value is -2.83. The van der Waals surface area contributed by atoms with Gasteiger partial charge in [0.2, 0.25) is 0 Å². The quantitative estimate of drug-likeness (QED) is 0.392. The van der Waals surface area contributed by atoms with Crippen molar-refractivity contribution in [2.75, 3.05) is 18.5 Å². The number of halogens is 3. The third-order valence-corrected chi connectivity index (χ3v) is 11.8. The number of hydrogen-bond donors (Lipinski definition) is 3. The molecule has 1 aliphatic heterocycles. The molecular formula is C27H32F3N3O4Si. The van der Waals surface area contributed by atoms with Crippen molar-refractivity contribution in [3.05, 3.63) is 78.8 Å². The maximum Gasteiger partial charge on any atom is 0.434 e. The Morgan fingerprint density at radius 1 is 0.921 bits per heavy atom. The summed E-state index contributed by atoms with van der Waals surface area (Å²) in [7, 11) is -2.88. The first kappa shape index (κ1) is 28.2. The summed E-state index contributed by atoms with van der Waals surface area (Å²) in [6.07, 6.45) is -6.46. The van der Waals surface area contributed by atoms with Crippen molar-refractivity contribution in [1.29, 1.82) is 0 Å². The van der Waals surface area contributed by atoms with E-state index in [1.165, 1.54) is 0 Å². The average Bonchev–Trinajstić information content (AvgIpc) is 2.88. The molecule has 0 radical (unpaired) electrons. The third-order valence-electron chi connectivity index (χ3n) is 6.79. The van der Waals surface area contributed by atoms with Crippen LogP contribution < -0.4 is 15.7 Å². The molecule has 3 N–H and O–H groups in total. The molecule has 2 heterocycles. The van der Waals surface area contributed by atoms with Gasteiger partial charge in [0.05, 0.1) is 31.6 Å². The largest absolute Gasteiger partial charge is 0.434 e. The molecule has 0 aliphatic carbocycles. The Bertz CT molecular complexity index is 1140. The van der Waals surface area contributed by atoms with Gasteiger partial charge in [0.15, 0.2) is 5.69 Å². The Morgan fingerprint density at radius 2 is 1.50 bits per heavy atom. The highest BCUT2D eigenvalue weighted by molar-refractivity contribution is 6.99. The van der Waals surface area contributed by atoms with Crippen molar-refractivity contribution >= 4 is 24.5 Å². The van der Waals surface area contributed by atoms with Crippen LogP contribution in [0.3, 0.4) is 0 Å². The average molecular weight is 548 g/mol. The van der Waals surface area contributed by atoms with E-state index < -0.39 is 44.5 Å². The summed E-state index contributed by atoms with van der Waals surface area (Å²) in [6.45, 7) is 6.43. The van der Waals surface area contributed by atoms with Crippen LogP contribution in [0.4, 0.5) is 19.0 Å². The van der Waals surface area contributed by atoms with Gasteiger partial charge in [0, 0.05) is 0 Å². The Morgan fingerprint density at radius 3 is 1.97 bits per heavy atom.